The molecule has 5 nitrogen and oxygen atoms in total. The minimum atomic E-state index is -4.79. The van der Waals surface area contributed by atoms with Crippen LogP contribution in [0.15, 0.2) is 18.2 Å². The number of Topliss-reactive ketones (excluding diaryl/α,β-unsaturated/α-hetero) is 1. The van der Waals surface area contributed by atoms with Crippen molar-refractivity contribution in [3.8, 4) is 5.75 Å². The van der Waals surface area contributed by atoms with Crippen LogP contribution in [-0.2, 0) is 19.8 Å². The zero-order valence-corrected chi connectivity index (χ0v) is 13.9. The first-order valence-corrected chi connectivity index (χ1v) is 8.46. The van der Waals surface area contributed by atoms with Gasteiger partial charge in [0.1, 0.15) is 5.75 Å². The van der Waals surface area contributed by atoms with E-state index in [-0.39, 0.29) is 25.2 Å². The molecule has 1 aromatic carbocycles. The third-order valence-electron chi connectivity index (χ3n) is 2.71. The van der Waals surface area contributed by atoms with Crippen molar-refractivity contribution in [1.82, 2.24) is 0 Å². The van der Waals surface area contributed by atoms with Crippen molar-refractivity contribution in [2.45, 2.75) is 33.4 Å². The fourth-order valence-corrected chi connectivity index (χ4v) is 2.95. The molecule has 0 bridgehead atoms. The van der Waals surface area contributed by atoms with Crippen LogP contribution in [0.2, 0.25) is 0 Å². The van der Waals surface area contributed by atoms with E-state index < -0.39 is 31.1 Å². The third-order valence-corrected chi connectivity index (χ3v) is 4.28. The van der Waals surface area contributed by atoms with Crippen LogP contribution in [0.3, 0.4) is 0 Å². The Balaban J connectivity index is 3.29. The summed E-state index contributed by atoms with van der Waals surface area (Å²) in [6, 6.07) is 2.79. The van der Waals surface area contributed by atoms with Gasteiger partial charge in [-0.3, -0.25) is 13.8 Å². The van der Waals surface area contributed by atoms with Gasteiger partial charge in [0, 0.05) is 12.0 Å². The molecule has 0 amide bonds. The fourth-order valence-electron chi connectivity index (χ4n) is 1.74. The van der Waals surface area contributed by atoms with Crippen molar-refractivity contribution < 1.29 is 36.1 Å². The molecule has 0 aliphatic heterocycles. The highest BCUT2D eigenvalue weighted by atomic mass is 31.2. The maximum atomic E-state index is 13.2. The Morgan fingerprint density at radius 3 is 2.13 bits per heavy atom. The Labute approximate surface area is 132 Å². The van der Waals surface area contributed by atoms with Gasteiger partial charge in [-0.15, -0.1) is 0 Å². The van der Waals surface area contributed by atoms with Gasteiger partial charge in [0.2, 0.25) is 0 Å². The molecule has 1 aromatic rings. The predicted octanol–water partition coefficient (Wildman–Crippen LogP) is 4.86. The van der Waals surface area contributed by atoms with E-state index in [9.17, 15) is 22.5 Å². The van der Waals surface area contributed by atoms with Crippen molar-refractivity contribution in [2.24, 2.45) is 0 Å². The van der Waals surface area contributed by atoms with Gasteiger partial charge < -0.3 is 4.52 Å². The van der Waals surface area contributed by atoms with Crippen LogP contribution in [0.5, 0.6) is 5.75 Å². The number of alkyl halides is 3. The average molecular weight is 354 g/mol. The molecule has 0 unspecified atom stereocenters. The number of rotatable bonds is 8. The zero-order chi connectivity index (χ0) is 17.7. The van der Waals surface area contributed by atoms with Crippen LogP contribution < -0.4 is 4.52 Å². The number of ketones is 1. The number of hydrogen-bond acceptors (Lipinski definition) is 5. The average Bonchev–Trinajstić information content (AvgIpc) is 2.46. The number of hydrogen-bond donors (Lipinski definition) is 0. The number of phosphoric acid groups is 1. The lowest BCUT2D eigenvalue weighted by Crippen LogP contribution is -2.11. The van der Waals surface area contributed by atoms with E-state index in [0.717, 1.165) is 6.07 Å². The van der Waals surface area contributed by atoms with Crippen LogP contribution in [0.25, 0.3) is 0 Å². The Bertz CT molecular complexity index is 591. The number of halogens is 3. The van der Waals surface area contributed by atoms with E-state index in [1.54, 1.807) is 6.92 Å². The molecule has 0 radical (unpaired) electrons. The van der Waals surface area contributed by atoms with Gasteiger partial charge in [-0.1, -0.05) is 6.92 Å². The van der Waals surface area contributed by atoms with Gasteiger partial charge >= 0.3 is 14.0 Å². The molecular weight excluding hydrogens is 336 g/mol. The van der Waals surface area contributed by atoms with Crippen molar-refractivity contribution in [2.75, 3.05) is 13.2 Å². The molecule has 0 N–H and O–H groups in total. The summed E-state index contributed by atoms with van der Waals surface area (Å²) in [7, 11) is -4.17. The molecule has 0 aliphatic carbocycles. The van der Waals surface area contributed by atoms with Gasteiger partial charge in [0.15, 0.2) is 5.78 Å². The van der Waals surface area contributed by atoms with E-state index in [4.69, 9.17) is 13.6 Å². The van der Waals surface area contributed by atoms with Crippen LogP contribution in [-0.4, -0.2) is 19.0 Å². The topological polar surface area (TPSA) is 61.8 Å². The largest absolute Gasteiger partial charge is 0.530 e. The molecule has 0 heterocycles. The molecule has 9 heteroatoms. The van der Waals surface area contributed by atoms with Gasteiger partial charge in [0.05, 0.1) is 18.8 Å². The number of carbonyl (C=O) groups is 1. The second-order valence-corrected chi connectivity index (χ2v) is 5.95. The minimum absolute atomic E-state index is 0.0634. The summed E-state index contributed by atoms with van der Waals surface area (Å²) < 4.78 is 66.3. The second kappa shape index (κ2) is 7.95. The summed E-state index contributed by atoms with van der Waals surface area (Å²) >= 11 is 0. The molecule has 0 aromatic heterocycles. The first-order chi connectivity index (χ1) is 10.7. The van der Waals surface area contributed by atoms with Crippen LogP contribution in [0.1, 0.15) is 43.1 Å². The highest BCUT2D eigenvalue weighted by Crippen LogP contribution is 2.51. The number of phosphoric ester groups is 1. The highest BCUT2D eigenvalue weighted by molar-refractivity contribution is 7.48. The van der Waals surface area contributed by atoms with Crippen molar-refractivity contribution in [1.29, 1.82) is 0 Å². The SMILES string of the molecule is CCOP(=O)(OCC)Oc1ccc(C(=O)CC)cc1C(F)(F)F. The quantitative estimate of drug-likeness (QED) is 0.493. The van der Waals surface area contributed by atoms with Crippen molar-refractivity contribution in [3.63, 3.8) is 0 Å². The monoisotopic (exact) mass is 354 g/mol. The van der Waals surface area contributed by atoms with Gasteiger partial charge in [-0.05, 0) is 32.0 Å². The van der Waals surface area contributed by atoms with Gasteiger partial charge in [0.25, 0.3) is 0 Å². The lowest BCUT2D eigenvalue weighted by molar-refractivity contribution is -0.138. The summed E-state index contributed by atoms with van der Waals surface area (Å²) in [6.45, 7) is 4.42. The molecule has 130 valence electrons. The molecule has 1 rings (SSSR count). The van der Waals surface area contributed by atoms with Crippen molar-refractivity contribution >= 4 is 13.6 Å². The lowest BCUT2D eigenvalue weighted by Gasteiger charge is -2.20. The standard InChI is InChI=1S/C14H18F3O5P/c1-4-12(18)10-7-8-13(11(9-10)14(15,16)17)22-23(19,20-5-2)21-6-3/h7-9H,4-6H2,1-3H3. The van der Waals surface area contributed by atoms with E-state index in [2.05, 4.69) is 0 Å². The van der Waals surface area contributed by atoms with Crippen molar-refractivity contribution in [3.05, 3.63) is 29.3 Å². The fraction of sp³-hybridized carbons (Fsp3) is 0.500. The molecular formula is C14H18F3O5P. The summed E-state index contributed by atoms with van der Waals surface area (Å²) in [6.07, 6.45) is -4.73. The molecule has 0 atom stereocenters. The Kier molecular flexibility index (Phi) is 6.80. The van der Waals surface area contributed by atoms with E-state index in [0.29, 0.717) is 6.07 Å². The zero-order valence-electron chi connectivity index (χ0n) is 13.0. The first kappa shape index (κ1) is 19.7. The number of carbonyl (C=O) groups excluding carboxylic acids is 1. The van der Waals surface area contributed by atoms with E-state index in [1.165, 1.54) is 19.9 Å². The van der Waals surface area contributed by atoms with Gasteiger partial charge in [-0.25, -0.2) is 4.57 Å². The Hall–Kier alpha value is -1.37. The predicted molar refractivity (Wildman–Crippen MR) is 77.6 cm³/mol. The lowest BCUT2D eigenvalue weighted by atomic mass is 10.0. The molecule has 0 saturated carbocycles. The van der Waals surface area contributed by atoms with E-state index >= 15 is 0 Å². The summed E-state index contributed by atoms with van der Waals surface area (Å²) in [5, 5.41) is 0. The van der Waals surface area contributed by atoms with Crippen LogP contribution >= 0.6 is 7.82 Å². The molecule has 0 saturated heterocycles. The summed E-state index contributed by atoms with van der Waals surface area (Å²) in [5.74, 6) is -1.16. The molecule has 0 spiro atoms. The maximum absolute atomic E-state index is 13.2. The Morgan fingerprint density at radius 2 is 1.70 bits per heavy atom. The van der Waals surface area contributed by atoms with Crippen LogP contribution in [0, 0.1) is 0 Å². The highest BCUT2D eigenvalue weighted by Gasteiger charge is 2.38. The smallest absolute Gasteiger partial charge is 0.403 e. The number of benzene rings is 1. The minimum Gasteiger partial charge on any atom is -0.403 e. The molecule has 0 fully saturated rings. The second-order valence-electron chi connectivity index (χ2n) is 4.36. The van der Waals surface area contributed by atoms with E-state index in [1.807, 2.05) is 0 Å². The Morgan fingerprint density at radius 1 is 1.13 bits per heavy atom. The van der Waals surface area contributed by atoms with Gasteiger partial charge in [-0.2, -0.15) is 13.2 Å². The van der Waals surface area contributed by atoms with Crippen LogP contribution in [0.4, 0.5) is 13.2 Å². The third kappa shape index (κ3) is 5.34. The summed E-state index contributed by atoms with van der Waals surface area (Å²) in [4.78, 5) is 11.6. The first-order valence-electron chi connectivity index (χ1n) is 7.00. The summed E-state index contributed by atoms with van der Waals surface area (Å²) in [5.41, 5.74) is -1.31. The normalized spacial score (nSPS) is 12.3. The molecule has 0 aliphatic rings. The maximum Gasteiger partial charge on any atom is 0.530 e. The molecule has 23 heavy (non-hydrogen) atoms.